The van der Waals surface area contributed by atoms with Gasteiger partial charge in [-0.2, -0.15) is 0 Å². The van der Waals surface area contributed by atoms with Gasteiger partial charge in [-0.05, 0) is 31.0 Å². The van der Waals surface area contributed by atoms with Gasteiger partial charge >= 0.3 is 0 Å². The summed E-state index contributed by atoms with van der Waals surface area (Å²) in [5, 5.41) is 0.796. The van der Waals surface area contributed by atoms with Crippen molar-refractivity contribution in [2.24, 2.45) is 5.73 Å². The van der Waals surface area contributed by atoms with Gasteiger partial charge in [0.05, 0.1) is 0 Å². The van der Waals surface area contributed by atoms with Crippen LogP contribution in [0.4, 0.5) is 5.69 Å². The summed E-state index contributed by atoms with van der Waals surface area (Å²) in [6.45, 7) is 1.83. The maximum atomic E-state index is 5.96. The predicted molar refractivity (Wildman–Crippen MR) is 60.9 cm³/mol. The molecule has 0 aromatic heterocycles. The minimum atomic E-state index is 0.494. The highest BCUT2D eigenvalue weighted by molar-refractivity contribution is 6.30. The van der Waals surface area contributed by atoms with Crippen LogP contribution in [0.5, 0.6) is 0 Å². The maximum absolute atomic E-state index is 5.96. The molecule has 2 nitrogen and oxygen atoms in total. The molecule has 2 rings (SSSR count). The Morgan fingerprint density at radius 1 is 1.50 bits per heavy atom. The van der Waals surface area contributed by atoms with Gasteiger partial charge in [-0.3, -0.25) is 0 Å². The summed E-state index contributed by atoms with van der Waals surface area (Å²) in [5.41, 5.74) is 6.92. The number of nitrogens with two attached hydrogens (primary N) is 1. The maximum Gasteiger partial charge on any atom is 0.0426 e. The van der Waals surface area contributed by atoms with Crippen molar-refractivity contribution in [3.05, 3.63) is 29.3 Å². The fraction of sp³-hybridized carbons (Fsp3) is 0.455. The van der Waals surface area contributed by atoms with Crippen LogP contribution >= 0.6 is 11.6 Å². The number of nitrogens with zero attached hydrogens (tertiary/aromatic N) is 1. The van der Waals surface area contributed by atoms with Gasteiger partial charge in [-0.15, -0.1) is 0 Å². The van der Waals surface area contributed by atoms with Gasteiger partial charge in [-0.1, -0.05) is 17.7 Å². The summed E-state index contributed by atoms with van der Waals surface area (Å²) < 4.78 is 0. The Bertz CT molecular complexity index is 314. The lowest BCUT2D eigenvalue weighted by Gasteiger charge is -2.25. The van der Waals surface area contributed by atoms with Crippen molar-refractivity contribution in [2.45, 2.75) is 18.9 Å². The monoisotopic (exact) mass is 210 g/mol. The van der Waals surface area contributed by atoms with Crippen LogP contribution in [-0.4, -0.2) is 19.1 Å². The minimum absolute atomic E-state index is 0.494. The fourth-order valence-corrected chi connectivity index (χ4v) is 2.26. The zero-order valence-corrected chi connectivity index (χ0v) is 8.87. The van der Waals surface area contributed by atoms with Crippen LogP contribution < -0.4 is 10.6 Å². The van der Waals surface area contributed by atoms with Gasteiger partial charge < -0.3 is 10.6 Å². The molecular formula is C11H15ClN2. The summed E-state index contributed by atoms with van der Waals surface area (Å²) in [5.74, 6) is 0. The van der Waals surface area contributed by atoms with Crippen molar-refractivity contribution in [2.75, 3.05) is 18.0 Å². The van der Waals surface area contributed by atoms with Crippen molar-refractivity contribution in [1.29, 1.82) is 0 Å². The zero-order valence-electron chi connectivity index (χ0n) is 8.12. The van der Waals surface area contributed by atoms with Gasteiger partial charge in [0.2, 0.25) is 0 Å². The van der Waals surface area contributed by atoms with E-state index in [0.29, 0.717) is 6.04 Å². The first kappa shape index (κ1) is 9.81. The average Bonchev–Trinajstić information content (AvgIpc) is 2.65. The number of benzene rings is 1. The van der Waals surface area contributed by atoms with Crippen molar-refractivity contribution < 1.29 is 0 Å². The second-order valence-corrected chi connectivity index (χ2v) is 4.14. The van der Waals surface area contributed by atoms with Gasteiger partial charge in [0.1, 0.15) is 0 Å². The fourth-order valence-electron chi connectivity index (χ4n) is 2.08. The van der Waals surface area contributed by atoms with E-state index in [1.54, 1.807) is 0 Å². The number of hydrogen-bond donors (Lipinski definition) is 1. The Morgan fingerprint density at radius 2 is 2.36 bits per heavy atom. The second-order valence-electron chi connectivity index (χ2n) is 3.71. The Hall–Kier alpha value is -0.730. The third kappa shape index (κ3) is 1.86. The van der Waals surface area contributed by atoms with Gasteiger partial charge in [-0.25, -0.2) is 0 Å². The van der Waals surface area contributed by atoms with E-state index in [1.165, 1.54) is 18.5 Å². The molecule has 3 heteroatoms. The second kappa shape index (κ2) is 4.20. The Morgan fingerprint density at radius 3 is 3.07 bits per heavy atom. The normalized spacial score (nSPS) is 21.6. The van der Waals surface area contributed by atoms with E-state index >= 15 is 0 Å². The van der Waals surface area contributed by atoms with Crippen LogP contribution in [0.1, 0.15) is 12.8 Å². The van der Waals surface area contributed by atoms with E-state index in [4.69, 9.17) is 17.3 Å². The van der Waals surface area contributed by atoms with Crippen molar-refractivity contribution in [3.63, 3.8) is 0 Å². The molecule has 1 aromatic carbocycles. The number of hydrogen-bond acceptors (Lipinski definition) is 2. The van der Waals surface area contributed by atoms with E-state index in [0.717, 1.165) is 18.1 Å². The Kier molecular flexibility index (Phi) is 2.94. The molecule has 1 atom stereocenters. The topological polar surface area (TPSA) is 29.3 Å². The van der Waals surface area contributed by atoms with Crippen LogP contribution in [0.2, 0.25) is 5.02 Å². The smallest absolute Gasteiger partial charge is 0.0426 e. The Labute approximate surface area is 89.7 Å². The molecule has 14 heavy (non-hydrogen) atoms. The molecule has 1 saturated heterocycles. The molecule has 1 aromatic rings. The molecule has 1 fully saturated rings. The molecule has 0 saturated carbocycles. The number of halogens is 1. The van der Waals surface area contributed by atoms with Crippen molar-refractivity contribution >= 4 is 17.3 Å². The SMILES string of the molecule is NC[C@H]1CCCN1c1cccc(Cl)c1. The first-order valence-electron chi connectivity index (χ1n) is 5.03. The van der Waals surface area contributed by atoms with E-state index < -0.39 is 0 Å². The summed E-state index contributed by atoms with van der Waals surface area (Å²) in [7, 11) is 0. The molecule has 1 aliphatic rings. The molecule has 1 heterocycles. The van der Waals surface area contributed by atoms with Gasteiger partial charge in [0, 0.05) is 29.8 Å². The minimum Gasteiger partial charge on any atom is -0.367 e. The lowest BCUT2D eigenvalue weighted by Crippen LogP contribution is -2.35. The highest BCUT2D eigenvalue weighted by Gasteiger charge is 2.23. The van der Waals surface area contributed by atoms with E-state index in [-0.39, 0.29) is 0 Å². The molecule has 0 spiro atoms. The van der Waals surface area contributed by atoms with Crippen LogP contribution in [0.3, 0.4) is 0 Å². The highest BCUT2D eigenvalue weighted by atomic mass is 35.5. The molecule has 0 amide bonds. The summed E-state index contributed by atoms with van der Waals surface area (Å²) in [6, 6.07) is 8.49. The largest absolute Gasteiger partial charge is 0.367 e. The van der Waals surface area contributed by atoms with Gasteiger partial charge in [0.15, 0.2) is 0 Å². The van der Waals surface area contributed by atoms with Crippen molar-refractivity contribution in [3.8, 4) is 0 Å². The summed E-state index contributed by atoms with van der Waals surface area (Å²) in [4.78, 5) is 2.35. The zero-order chi connectivity index (χ0) is 9.97. The molecule has 1 aliphatic heterocycles. The molecule has 0 radical (unpaired) electrons. The van der Waals surface area contributed by atoms with E-state index in [1.807, 2.05) is 18.2 Å². The average molecular weight is 211 g/mol. The molecule has 0 aliphatic carbocycles. The first-order chi connectivity index (χ1) is 6.81. The molecule has 0 unspecified atom stereocenters. The quantitative estimate of drug-likeness (QED) is 0.812. The van der Waals surface area contributed by atoms with Crippen LogP contribution in [0.15, 0.2) is 24.3 Å². The standard InChI is InChI=1S/C11H15ClN2/c12-9-3-1-4-10(7-9)14-6-2-5-11(14)8-13/h1,3-4,7,11H,2,5-6,8,13H2/t11-/m1/s1. The number of anilines is 1. The van der Waals surface area contributed by atoms with Crippen molar-refractivity contribution in [1.82, 2.24) is 0 Å². The number of rotatable bonds is 2. The molecular weight excluding hydrogens is 196 g/mol. The van der Waals surface area contributed by atoms with E-state index in [9.17, 15) is 0 Å². The highest BCUT2D eigenvalue weighted by Crippen LogP contribution is 2.26. The van der Waals surface area contributed by atoms with Crippen LogP contribution in [-0.2, 0) is 0 Å². The summed E-state index contributed by atoms with van der Waals surface area (Å²) in [6.07, 6.45) is 2.43. The third-order valence-electron chi connectivity index (χ3n) is 2.79. The molecule has 0 bridgehead atoms. The molecule has 2 N–H and O–H groups in total. The predicted octanol–water partition coefficient (Wildman–Crippen LogP) is 2.27. The van der Waals surface area contributed by atoms with Crippen LogP contribution in [0.25, 0.3) is 0 Å². The first-order valence-corrected chi connectivity index (χ1v) is 5.41. The van der Waals surface area contributed by atoms with Crippen LogP contribution in [0, 0.1) is 0 Å². The molecule has 76 valence electrons. The third-order valence-corrected chi connectivity index (χ3v) is 3.02. The lowest BCUT2D eigenvalue weighted by molar-refractivity contribution is 0.677. The Balaban J connectivity index is 2.21. The lowest BCUT2D eigenvalue weighted by atomic mass is 10.2. The van der Waals surface area contributed by atoms with E-state index in [2.05, 4.69) is 11.0 Å². The summed E-state index contributed by atoms with van der Waals surface area (Å²) >= 11 is 5.96. The van der Waals surface area contributed by atoms with Gasteiger partial charge in [0.25, 0.3) is 0 Å².